The predicted molar refractivity (Wildman–Crippen MR) is 138 cm³/mol. The summed E-state index contributed by atoms with van der Waals surface area (Å²) in [7, 11) is 0. The summed E-state index contributed by atoms with van der Waals surface area (Å²) in [4.78, 5) is 36.4. The molecule has 0 amide bonds. The molecular formula is C28H40O10. The van der Waals surface area contributed by atoms with Crippen LogP contribution in [0.1, 0.15) is 89.5 Å². The molecule has 0 spiro atoms. The van der Waals surface area contributed by atoms with Gasteiger partial charge >= 0.3 is 17.9 Å². The van der Waals surface area contributed by atoms with Crippen LogP contribution in [0.2, 0.25) is 0 Å². The molecule has 1 aliphatic rings. The van der Waals surface area contributed by atoms with Crippen molar-refractivity contribution in [1.29, 1.82) is 0 Å². The number of aromatic hydroxyl groups is 2. The number of phenolic OH excluding ortho intramolecular Hbond substituents is 2. The van der Waals surface area contributed by atoms with Gasteiger partial charge in [-0.2, -0.15) is 0 Å². The Labute approximate surface area is 222 Å². The Bertz CT molecular complexity index is 959. The SMILES string of the molecule is CCCCCCCCCCCC(=O)O[C@@H]1C[C@@](O)(C(=O)O)C[C@@H](OC(=O)/C=C/c2ccc(O)c(O)c2)[C@@H]1O. The first-order chi connectivity index (χ1) is 18.1. The van der Waals surface area contributed by atoms with Crippen molar-refractivity contribution in [3.05, 3.63) is 29.8 Å². The summed E-state index contributed by atoms with van der Waals surface area (Å²) in [6.45, 7) is 2.17. The molecule has 0 heterocycles. The van der Waals surface area contributed by atoms with E-state index >= 15 is 0 Å². The minimum Gasteiger partial charge on any atom is -0.504 e. The van der Waals surface area contributed by atoms with Gasteiger partial charge in [-0.15, -0.1) is 0 Å². The molecule has 0 unspecified atom stereocenters. The molecule has 0 saturated heterocycles. The molecule has 1 aliphatic carbocycles. The second-order valence-corrected chi connectivity index (χ2v) is 9.90. The molecule has 212 valence electrons. The van der Waals surface area contributed by atoms with E-state index in [4.69, 9.17) is 9.47 Å². The maximum Gasteiger partial charge on any atom is 0.335 e. The fourth-order valence-electron chi connectivity index (χ4n) is 4.43. The number of carbonyl (C=O) groups is 3. The predicted octanol–water partition coefficient (Wildman–Crippen LogP) is 3.83. The van der Waals surface area contributed by atoms with E-state index in [0.29, 0.717) is 12.0 Å². The van der Waals surface area contributed by atoms with Crippen molar-refractivity contribution in [2.75, 3.05) is 0 Å². The van der Waals surface area contributed by atoms with Gasteiger partial charge in [0.2, 0.25) is 0 Å². The van der Waals surface area contributed by atoms with Crippen LogP contribution in [-0.2, 0) is 23.9 Å². The van der Waals surface area contributed by atoms with Gasteiger partial charge in [0, 0.05) is 25.3 Å². The van der Waals surface area contributed by atoms with Crippen LogP contribution in [0.25, 0.3) is 6.08 Å². The lowest BCUT2D eigenvalue weighted by molar-refractivity contribution is -0.205. The minimum atomic E-state index is -2.36. The van der Waals surface area contributed by atoms with Gasteiger partial charge < -0.3 is 35.0 Å². The van der Waals surface area contributed by atoms with E-state index in [1.165, 1.54) is 56.4 Å². The molecule has 0 radical (unpaired) electrons. The van der Waals surface area contributed by atoms with Crippen LogP contribution in [0.5, 0.6) is 11.5 Å². The number of hydrogen-bond donors (Lipinski definition) is 5. The maximum absolute atomic E-state index is 12.4. The zero-order valence-corrected chi connectivity index (χ0v) is 21.9. The smallest absolute Gasteiger partial charge is 0.335 e. The highest BCUT2D eigenvalue weighted by Crippen LogP contribution is 2.33. The fraction of sp³-hybridized carbons (Fsp3) is 0.607. The molecule has 1 fully saturated rings. The van der Waals surface area contributed by atoms with Crippen LogP contribution in [0.15, 0.2) is 24.3 Å². The molecule has 1 aromatic rings. The summed E-state index contributed by atoms with van der Waals surface area (Å²) in [5.74, 6) is -3.87. The van der Waals surface area contributed by atoms with Crippen molar-refractivity contribution in [3.63, 3.8) is 0 Å². The van der Waals surface area contributed by atoms with Crippen molar-refractivity contribution >= 4 is 24.0 Å². The number of aliphatic hydroxyl groups is 2. The molecule has 10 heteroatoms. The Kier molecular flexibility index (Phi) is 12.6. The highest BCUT2D eigenvalue weighted by atomic mass is 16.6. The average Bonchev–Trinajstić information content (AvgIpc) is 2.86. The first kappa shape index (κ1) is 31.1. The van der Waals surface area contributed by atoms with Crippen LogP contribution in [0.3, 0.4) is 0 Å². The highest BCUT2D eigenvalue weighted by molar-refractivity contribution is 5.87. The zero-order chi connectivity index (χ0) is 28.1. The molecule has 4 atom stereocenters. The van der Waals surface area contributed by atoms with E-state index in [1.807, 2.05) is 0 Å². The lowest BCUT2D eigenvalue weighted by atomic mass is 9.79. The molecule has 38 heavy (non-hydrogen) atoms. The number of carboxylic acids is 1. The number of rotatable bonds is 15. The first-order valence-corrected chi connectivity index (χ1v) is 13.3. The average molecular weight is 537 g/mol. The number of phenols is 2. The van der Waals surface area contributed by atoms with Crippen LogP contribution in [-0.4, -0.2) is 67.4 Å². The summed E-state index contributed by atoms with van der Waals surface area (Å²) in [5.41, 5.74) is -1.99. The molecule has 0 aromatic heterocycles. The summed E-state index contributed by atoms with van der Waals surface area (Å²) in [6.07, 6.45) is 6.50. The van der Waals surface area contributed by atoms with E-state index in [0.717, 1.165) is 25.3 Å². The summed E-state index contributed by atoms with van der Waals surface area (Å²) in [6, 6.07) is 3.87. The van der Waals surface area contributed by atoms with Crippen molar-refractivity contribution in [2.45, 2.75) is 108 Å². The molecule has 2 rings (SSSR count). The van der Waals surface area contributed by atoms with Gasteiger partial charge in [0.15, 0.2) is 17.1 Å². The van der Waals surface area contributed by atoms with Crippen molar-refractivity contribution in [2.24, 2.45) is 0 Å². The third-order valence-corrected chi connectivity index (χ3v) is 6.68. The number of benzene rings is 1. The summed E-state index contributed by atoms with van der Waals surface area (Å²) < 4.78 is 10.5. The standard InChI is InChI=1S/C28H40O10/c1-2-3-4-5-6-7-8-9-10-11-24(31)37-22-17-28(36,27(34)35)18-23(26(22)33)38-25(32)15-13-19-12-14-20(29)21(30)16-19/h12-16,22-23,26,29-30,33,36H,2-11,17-18H2,1H3,(H,34,35)/b15-13+/t22-,23-,26-,28+/m1/s1. The number of unbranched alkanes of at least 4 members (excludes halogenated alkanes) is 8. The summed E-state index contributed by atoms with van der Waals surface area (Å²) >= 11 is 0. The van der Waals surface area contributed by atoms with Crippen LogP contribution in [0.4, 0.5) is 0 Å². The first-order valence-electron chi connectivity index (χ1n) is 13.3. The zero-order valence-electron chi connectivity index (χ0n) is 21.9. The molecule has 1 aromatic carbocycles. The Hall–Kier alpha value is -3.11. The monoisotopic (exact) mass is 536 g/mol. The Morgan fingerprint density at radius 1 is 0.921 bits per heavy atom. The van der Waals surface area contributed by atoms with E-state index < -0.39 is 54.7 Å². The van der Waals surface area contributed by atoms with E-state index in [1.54, 1.807) is 0 Å². The number of carbonyl (C=O) groups excluding carboxylic acids is 2. The highest BCUT2D eigenvalue weighted by Gasteiger charge is 2.52. The van der Waals surface area contributed by atoms with Gasteiger partial charge in [-0.3, -0.25) is 4.79 Å². The van der Waals surface area contributed by atoms with Crippen molar-refractivity contribution in [1.82, 2.24) is 0 Å². The normalized spacial score (nSPS) is 23.3. The molecule has 0 aliphatic heterocycles. The number of hydrogen-bond acceptors (Lipinski definition) is 9. The number of carboxylic acid groups (broad SMARTS) is 1. The van der Waals surface area contributed by atoms with Crippen LogP contribution >= 0.6 is 0 Å². The molecule has 10 nitrogen and oxygen atoms in total. The fourth-order valence-corrected chi connectivity index (χ4v) is 4.43. The lowest BCUT2D eigenvalue weighted by Crippen LogP contribution is -2.58. The third kappa shape index (κ3) is 9.98. The minimum absolute atomic E-state index is 0.0945. The van der Waals surface area contributed by atoms with Crippen LogP contribution in [0, 0.1) is 0 Å². The number of aliphatic hydroxyl groups excluding tert-OH is 1. The largest absolute Gasteiger partial charge is 0.504 e. The Morgan fingerprint density at radius 3 is 2.08 bits per heavy atom. The quantitative estimate of drug-likeness (QED) is 0.0960. The number of esters is 2. The van der Waals surface area contributed by atoms with Gasteiger partial charge in [-0.25, -0.2) is 9.59 Å². The van der Waals surface area contributed by atoms with Crippen molar-refractivity contribution in [3.8, 4) is 11.5 Å². The van der Waals surface area contributed by atoms with Gasteiger partial charge in [0.1, 0.15) is 18.3 Å². The Balaban J connectivity index is 1.89. The molecule has 5 N–H and O–H groups in total. The van der Waals surface area contributed by atoms with Gasteiger partial charge in [-0.1, -0.05) is 64.4 Å². The molecular weight excluding hydrogens is 496 g/mol. The van der Waals surface area contributed by atoms with Gasteiger partial charge in [0.05, 0.1) is 0 Å². The molecule has 0 bridgehead atoms. The van der Waals surface area contributed by atoms with Crippen LogP contribution < -0.4 is 0 Å². The lowest BCUT2D eigenvalue weighted by Gasteiger charge is -2.40. The number of ether oxygens (including phenoxy) is 2. The van der Waals surface area contributed by atoms with Gasteiger partial charge in [0.25, 0.3) is 0 Å². The molecule has 1 saturated carbocycles. The van der Waals surface area contributed by atoms with Crippen molar-refractivity contribution < 1.29 is 49.4 Å². The van der Waals surface area contributed by atoms with Gasteiger partial charge in [-0.05, 0) is 30.2 Å². The number of aliphatic carboxylic acids is 1. The second-order valence-electron chi connectivity index (χ2n) is 9.90. The van der Waals surface area contributed by atoms with E-state index in [-0.39, 0.29) is 17.9 Å². The second kappa shape index (κ2) is 15.3. The Morgan fingerprint density at radius 2 is 1.50 bits per heavy atom. The third-order valence-electron chi connectivity index (χ3n) is 6.68. The maximum atomic E-state index is 12.4. The summed E-state index contributed by atoms with van der Waals surface area (Å²) in [5, 5.41) is 49.7. The topological polar surface area (TPSA) is 171 Å². The van der Waals surface area contributed by atoms with E-state index in [2.05, 4.69) is 6.92 Å². The van der Waals surface area contributed by atoms with E-state index in [9.17, 15) is 39.9 Å².